The first-order valence-electron chi connectivity index (χ1n) is 11.9. The van der Waals surface area contributed by atoms with Gasteiger partial charge in [0, 0.05) is 11.8 Å². The molecule has 0 bridgehead atoms. The van der Waals surface area contributed by atoms with Crippen LogP contribution in [0.1, 0.15) is 85.0 Å². The Balaban J connectivity index is 1.58. The number of rotatable bonds is 4. The second-order valence-corrected chi connectivity index (χ2v) is 11.4. The molecule has 5 nitrogen and oxygen atoms in total. The largest absolute Gasteiger partial charge is 0.481 e. The van der Waals surface area contributed by atoms with Gasteiger partial charge in [-0.3, -0.25) is 4.79 Å². The van der Waals surface area contributed by atoms with Gasteiger partial charge in [0.25, 0.3) is 0 Å². The molecule has 0 amide bonds. The van der Waals surface area contributed by atoms with E-state index in [1.54, 1.807) is 0 Å². The highest BCUT2D eigenvalue weighted by Gasteiger charge is 2.67. The summed E-state index contributed by atoms with van der Waals surface area (Å²) in [4.78, 5) is 11.1. The Morgan fingerprint density at radius 3 is 2.38 bits per heavy atom. The maximum Gasteiger partial charge on any atom is 0.303 e. The van der Waals surface area contributed by atoms with Crippen LogP contribution >= 0.6 is 0 Å². The third-order valence-electron chi connectivity index (χ3n) is 10.5. The van der Waals surface area contributed by atoms with E-state index in [1.165, 1.54) is 6.42 Å². The van der Waals surface area contributed by atoms with Gasteiger partial charge in [0.2, 0.25) is 0 Å². The number of carbonyl (C=O) groups is 1. The van der Waals surface area contributed by atoms with Crippen molar-refractivity contribution in [3.63, 3.8) is 0 Å². The van der Waals surface area contributed by atoms with Crippen molar-refractivity contribution in [2.24, 2.45) is 46.3 Å². The molecule has 0 radical (unpaired) electrons. The van der Waals surface area contributed by atoms with Crippen molar-refractivity contribution in [1.29, 1.82) is 0 Å². The molecule has 4 aliphatic rings. The van der Waals surface area contributed by atoms with Crippen LogP contribution in [0, 0.1) is 46.3 Å². The van der Waals surface area contributed by atoms with Gasteiger partial charge in [-0.15, -0.1) is 0 Å². The third kappa shape index (κ3) is 3.02. The molecule has 4 rings (SSSR count). The van der Waals surface area contributed by atoms with Crippen LogP contribution in [0.15, 0.2) is 0 Å². The highest BCUT2D eigenvalue weighted by Crippen LogP contribution is 2.69. The van der Waals surface area contributed by atoms with E-state index in [0.29, 0.717) is 30.1 Å². The lowest BCUT2D eigenvalue weighted by Crippen LogP contribution is -2.68. The predicted molar refractivity (Wildman–Crippen MR) is 110 cm³/mol. The van der Waals surface area contributed by atoms with E-state index < -0.39 is 23.3 Å². The Kier molecular flexibility index (Phi) is 5.36. The monoisotopic (exact) mass is 408 g/mol. The van der Waals surface area contributed by atoms with E-state index in [1.807, 2.05) is 6.92 Å². The van der Waals surface area contributed by atoms with Crippen LogP contribution in [0.25, 0.3) is 0 Å². The van der Waals surface area contributed by atoms with E-state index in [-0.39, 0.29) is 23.7 Å². The first-order valence-corrected chi connectivity index (χ1v) is 11.9. The number of carboxylic acid groups (broad SMARTS) is 1. The summed E-state index contributed by atoms with van der Waals surface area (Å²) in [6, 6.07) is 0. The molecule has 0 aromatic carbocycles. The van der Waals surface area contributed by atoms with Crippen molar-refractivity contribution >= 4 is 5.97 Å². The molecule has 4 N–H and O–H groups in total. The highest BCUT2D eigenvalue weighted by molar-refractivity contribution is 5.66. The molecule has 4 fully saturated rings. The molecule has 0 saturated heterocycles. The summed E-state index contributed by atoms with van der Waals surface area (Å²) in [5, 5.41) is 41.6. The second-order valence-electron chi connectivity index (χ2n) is 11.4. The SMILES string of the molecule is C[C@H](CCC(=O)O)[C@H]1CC[C@H]2[C@@H]3CC[C@@H]4CCC(O)C(O)(O)[C@]4(C)[C@H]3CC[C@]12C. The smallest absolute Gasteiger partial charge is 0.303 e. The Morgan fingerprint density at radius 2 is 1.69 bits per heavy atom. The Labute approximate surface area is 174 Å². The molecule has 0 aliphatic heterocycles. The van der Waals surface area contributed by atoms with Crippen LogP contribution in [0.4, 0.5) is 0 Å². The number of hydrogen-bond donors (Lipinski definition) is 4. The lowest BCUT2D eigenvalue weighted by molar-refractivity contribution is -0.349. The lowest BCUT2D eigenvalue weighted by Gasteiger charge is -2.64. The molecule has 0 heterocycles. The fourth-order valence-corrected chi connectivity index (χ4v) is 8.90. The molecule has 5 heteroatoms. The van der Waals surface area contributed by atoms with Crippen LogP contribution in [0.2, 0.25) is 0 Å². The fourth-order valence-electron chi connectivity index (χ4n) is 8.90. The zero-order chi connectivity index (χ0) is 21.2. The Hall–Kier alpha value is -0.650. The van der Waals surface area contributed by atoms with Crippen molar-refractivity contribution in [1.82, 2.24) is 0 Å². The van der Waals surface area contributed by atoms with Crippen molar-refractivity contribution in [3.05, 3.63) is 0 Å². The average molecular weight is 409 g/mol. The van der Waals surface area contributed by atoms with Crippen LogP contribution in [0.5, 0.6) is 0 Å². The van der Waals surface area contributed by atoms with E-state index >= 15 is 0 Å². The standard InChI is InChI=1S/C24H40O5/c1-14(4-11-21(26)27)17-8-9-18-16-7-5-15-6-10-20(25)24(28,29)23(15,3)19(16)12-13-22(17,18)2/h14-20,25,28-29H,4-13H2,1-3H3,(H,26,27)/t14-,15-,16+,17-,18+,19+,20?,22-,23+/m1/s1. The van der Waals surface area contributed by atoms with Gasteiger partial charge in [0.05, 0.1) is 0 Å². The predicted octanol–water partition coefficient (Wildman–Crippen LogP) is 3.80. The molecule has 9 atom stereocenters. The van der Waals surface area contributed by atoms with Crippen LogP contribution in [-0.4, -0.2) is 38.3 Å². The Bertz CT molecular complexity index is 647. The number of aliphatic hydroxyl groups excluding tert-OH is 1. The summed E-state index contributed by atoms with van der Waals surface area (Å²) in [6.45, 7) is 6.70. The maximum absolute atomic E-state index is 11.1. The fraction of sp³-hybridized carbons (Fsp3) is 0.958. The summed E-state index contributed by atoms with van der Waals surface area (Å²) in [5.74, 6) is -0.152. The van der Waals surface area contributed by atoms with Gasteiger partial charge in [0.1, 0.15) is 6.10 Å². The second kappa shape index (κ2) is 7.20. The van der Waals surface area contributed by atoms with Gasteiger partial charge < -0.3 is 20.4 Å². The van der Waals surface area contributed by atoms with Crippen molar-refractivity contribution in [2.75, 3.05) is 0 Å². The normalized spacial score (nSPS) is 49.6. The molecule has 0 aromatic rings. The molecule has 166 valence electrons. The number of fused-ring (bicyclic) bond motifs is 5. The van der Waals surface area contributed by atoms with E-state index in [2.05, 4.69) is 13.8 Å². The molecule has 29 heavy (non-hydrogen) atoms. The summed E-state index contributed by atoms with van der Waals surface area (Å²) < 4.78 is 0. The minimum Gasteiger partial charge on any atom is -0.481 e. The van der Waals surface area contributed by atoms with Gasteiger partial charge >= 0.3 is 5.97 Å². The molecule has 4 saturated carbocycles. The molecular formula is C24H40O5. The summed E-state index contributed by atoms with van der Waals surface area (Å²) in [6.07, 6.45) is 7.91. The van der Waals surface area contributed by atoms with Gasteiger partial charge in [-0.05, 0) is 98.7 Å². The minimum atomic E-state index is -2.00. The highest BCUT2D eigenvalue weighted by atomic mass is 16.5. The third-order valence-corrected chi connectivity index (χ3v) is 10.5. The van der Waals surface area contributed by atoms with Gasteiger partial charge in [-0.2, -0.15) is 0 Å². The lowest BCUT2D eigenvalue weighted by atomic mass is 9.43. The van der Waals surface area contributed by atoms with E-state index in [9.17, 15) is 20.1 Å². The van der Waals surface area contributed by atoms with Gasteiger partial charge in [0.15, 0.2) is 5.79 Å². The summed E-state index contributed by atoms with van der Waals surface area (Å²) in [5.41, 5.74) is -0.412. The zero-order valence-corrected chi connectivity index (χ0v) is 18.3. The molecular weight excluding hydrogens is 368 g/mol. The van der Waals surface area contributed by atoms with Crippen molar-refractivity contribution < 1.29 is 25.2 Å². The first kappa shape index (κ1) is 21.6. The number of hydrogen-bond acceptors (Lipinski definition) is 4. The molecule has 0 spiro atoms. The van der Waals surface area contributed by atoms with E-state index in [4.69, 9.17) is 5.11 Å². The topological polar surface area (TPSA) is 98.0 Å². The summed E-state index contributed by atoms with van der Waals surface area (Å²) >= 11 is 0. The number of aliphatic carboxylic acids is 1. The number of aliphatic hydroxyl groups is 3. The first-order chi connectivity index (χ1) is 13.5. The molecule has 1 unspecified atom stereocenters. The van der Waals surface area contributed by atoms with Crippen LogP contribution < -0.4 is 0 Å². The average Bonchev–Trinajstić information content (AvgIpc) is 3.01. The molecule has 4 aliphatic carbocycles. The van der Waals surface area contributed by atoms with Crippen LogP contribution in [0.3, 0.4) is 0 Å². The Morgan fingerprint density at radius 1 is 1.00 bits per heavy atom. The maximum atomic E-state index is 11.1. The quantitative estimate of drug-likeness (QED) is 0.531. The zero-order valence-electron chi connectivity index (χ0n) is 18.3. The van der Waals surface area contributed by atoms with Crippen LogP contribution in [-0.2, 0) is 4.79 Å². The minimum absolute atomic E-state index is 0.225. The number of carboxylic acids is 1. The van der Waals surface area contributed by atoms with E-state index in [0.717, 1.165) is 44.9 Å². The van der Waals surface area contributed by atoms with Gasteiger partial charge in [-0.1, -0.05) is 20.8 Å². The summed E-state index contributed by atoms with van der Waals surface area (Å²) in [7, 11) is 0. The molecule has 0 aromatic heterocycles. The van der Waals surface area contributed by atoms with Crippen molar-refractivity contribution in [3.8, 4) is 0 Å². The van der Waals surface area contributed by atoms with Gasteiger partial charge in [-0.25, -0.2) is 0 Å². The van der Waals surface area contributed by atoms with Crippen molar-refractivity contribution in [2.45, 2.75) is 96.9 Å².